The summed E-state index contributed by atoms with van der Waals surface area (Å²) in [5.41, 5.74) is 6.50. The lowest BCUT2D eigenvalue weighted by molar-refractivity contribution is 0.102. The van der Waals surface area contributed by atoms with Crippen LogP contribution in [0.25, 0.3) is 0 Å². The van der Waals surface area contributed by atoms with Crippen molar-refractivity contribution < 1.29 is 4.79 Å². The molecule has 6 nitrogen and oxygen atoms in total. The second-order valence-corrected chi connectivity index (χ2v) is 4.28. The van der Waals surface area contributed by atoms with E-state index in [4.69, 9.17) is 5.73 Å². The Morgan fingerprint density at radius 3 is 2.88 bits per heavy atom. The van der Waals surface area contributed by atoms with Crippen molar-refractivity contribution >= 4 is 33.5 Å². The highest BCUT2D eigenvalue weighted by molar-refractivity contribution is 9.10. The van der Waals surface area contributed by atoms with Crippen LogP contribution in [0, 0.1) is 6.92 Å². The van der Waals surface area contributed by atoms with Crippen molar-refractivity contribution in [2.45, 2.75) is 6.92 Å². The Morgan fingerprint density at radius 1 is 1.53 bits per heavy atom. The van der Waals surface area contributed by atoms with Crippen molar-refractivity contribution in [1.29, 1.82) is 0 Å². The molecule has 0 unspecified atom stereocenters. The Labute approximate surface area is 106 Å². The second-order valence-electron chi connectivity index (χ2n) is 3.42. The summed E-state index contributed by atoms with van der Waals surface area (Å²) in [6, 6.07) is 4.98. The quantitative estimate of drug-likeness (QED) is 0.786. The SMILES string of the molecule is Cc1nc(NC(=O)c2cc(N)n[nH]2)ccc1Br. The van der Waals surface area contributed by atoms with Gasteiger partial charge in [0.25, 0.3) is 5.91 Å². The van der Waals surface area contributed by atoms with E-state index < -0.39 is 0 Å². The van der Waals surface area contributed by atoms with E-state index in [-0.39, 0.29) is 11.7 Å². The van der Waals surface area contributed by atoms with Gasteiger partial charge >= 0.3 is 0 Å². The van der Waals surface area contributed by atoms with Gasteiger partial charge in [-0.1, -0.05) is 0 Å². The molecule has 0 fully saturated rings. The number of amides is 1. The summed E-state index contributed by atoms with van der Waals surface area (Å²) in [6.07, 6.45) is 0. The summed E-state index contributed by atoms with van der Waals surface area (Å²) in [5, 5.41) is 8.84. The number of halogens is 1. The maximum absolute atomic E-state index is 11.7. The molecule has 0 saturated carbocycles. The van der Waals surface area contributed by atoms with E-state index >= 15 is 0 Å². The third-order valence-corrected chi connectivity index (χ3v) is 2.94. The van der Waals surface area contributed by atoms with E-state index in [1.807, 2.05) is 13.0 Å². The summed E-state index contributed by atoms with van der Waals surface area (Å²) in [6.45, 7) is 1.84. The highest BCUT2D eigenvalue weighted by Crippen LogP contribution is 2.16. The van der Waals surface area contributed by atoms with Crippen LogP contribution in [0.5, 0.6) is 0 Å². The minimum absolute atomic E-state index is 0.273. The molecule has 0 aliphatic rings. The monoisotopic (exact) mass is 295 g/mol. The first kappa shape index (κ1) is 11.6. The minimum atomic E-state index is -0.330. The number of H-pyrrole nitrogens is 1. The number of rotatable bonds is 2. The Hall–Kier alpha value is -1.89. The molecular formula is C10H10BrN5O. The first-order chi connectivity index (χ1) is 8.06. The average molecular weight is 296 g/mol. The fraction of sp³-hybridized carbons (Fsp3) is 0.100. The predicted octanol–water partition coefficient (Wildman–Crippen LogP) is 1.71. The van der Waals surface area contributed by atoms with E-state index in [0.717, 1.165) is 10.2 Å². The van der Waals surface area contributed by atoms with Crippen LogP contribution in [0.15, 0.2) is 22.7 Å². The molecule has 0 spiro atoms. The Bertz CT molecular complexity index is 566. The van der Waals surface area contributed by atoms with Gasteiger partial charge in [-0.05, 0) is 35.0 Å². The molecule has 2 heterocycles. The molecule has 0 atom stereocenters. The zero-order valence-electron chi connectivity index (χ0n) is 8.99. The van der Waals surface area contributed by atoms with E-state index in [0.29, 0.717) is 11.5 Å². The van der Waals surface area contributed by atoms with Gasteiger partial charge in [0.15, 0.2) is 0 Å². The molecule has 1 amide bonds. The van der Waals surface area contributed by atoms with Gasteiger partial charge in [-0.25, -0.2) is 4.98 Å². The van der Waals surface area contributed by atoms with Crippen molar-refractivity contribution in [3.05, 3.63) is 34.1 Å². The molecule has 2 aromatic heterocycles. The fourth-order valence-corrected chi connectivity index (χ4v) is 1.47. The lowest BCUT2D eigenvalue weighted by atomic mass is 10.3. The fourth-order valence-electron chi connectivity index (χ4n) is 1.25. The maximum atomic E-state index is 11.7. The van der Waals surface area contributed by atoms with Gasteiger partial charge in [-0.15, -0.1) is 0 Å². The molecule has 2 aromatic rings. The summed E-state index contributed by atoms with van der Waals surface area (Å²) >= 11 is 3.34. The normalized spacial score (nSPS) is 10.2. The van der Waals surface area contributed by atoms with Crippen molar-refractivity contribution in [3.63, 3.8) is 0 Å². The van der Waals surface area contributed by atoms with Crippen molar-refractivity contribution in [3.8, 4) is 0 Å². The molecule has 2 rings (SSSR count). The van der Waals surface area contributed by atoms with Crippen LogP contribution >= 0.6 is 15.9 Å². The Balaban J connectivity index is 2.15. The number of nitrogens with zero attached hydrogens (tertiary/aromatic N) is 2. The maximum Gasteiger partial charge on any atom is 0.274 e. The summed E-state index contributed by atoms with van der Waals surface area (Å²) in [5.74, 6) is 0.419. The van der Waals surface area contributed by atoms with Gasteiger partial charge in [0.2, 0.25) is 0 Å². The summed E-state index contributed by atoms with van der Waals surface area (Å²) in [7, 11) is 0. The molecule has 0 bridgehead atoms. The number of nitrogen functional groups attached to an aromatic ring is 1. The van der Waals surface area contributed by atoms with Gasteiger partial charge in [0, 0.05) is 10.5 Å². The zero-order valence-corrected chi connectivity index (χ0v) is 10.6. The van der Waals surface area contributed by atoms with Gasteiger partial charge < -0.3 is 11.1 Å². The van der Waals surface area contributed by atoms with E-state index in [2.05, 4.69) is 36.4 Å². The van der Waals surface area contributed by atoms with E-state index in [9.17, 15) is 4.79 Å². The molecular weight excluding hydrogens is 286 g/mol. The van der Waals surface area contributed by atoms with Gasteiger partial charge in [-0.3, -0.25) is 9.89 Å². The Morgan fingerprint density at radius 2 is 2.29 bits per heavy atom. The average Bonchev–Trinajstić information content (AvgIpc) is 2.70. The number of carbonyl (C=O) groups is 1. The van der Waals surface area contributed by atoms with Crippen LogP contribution in [0.1, 0.15) is 16.2 Å². The second kappa shape index (κ2) is 4.54. The molecule has 0 aliphatic heterocycles. The zero-order chi connectivity index (χ0) is 12.4. The number of nitrogens with one attached hydrogen (secondary N) is 2. The van der Waals surface area contributed by atoms with Crippen LogP contribution in [0.2, 0.25) is 0 Å². The van der Waals surface area contributed by atoms with Crippen molar-refractivity contribution in [2.24, 2.45) is 0 Å². The third kappa shape index (κ3) is 2.62. The van der Waals surface area contributed by atoms with Crippen molar-refractivity contribution in [1.82, 2.24) is 15.2 Å². The molecule has 0 radical (unpaired) electrons. The number of carbonyl (C=O) groups excluding carboxylic acids is 1. The number of hydrogen-bond donors (Lipinski definition) is 3. The first-order valence-electron chi connectivity index (χ1n) is 4.81. The number of nitrogens with two attached hydrogens (primary N) is 1. The first-order valence-corrected chi connectivity index (χ1v) is 5.61. The summed E-state index contributed by atoms with van der Waals surface area (Å²) in [4.78, 5) is 15.9. The highest BCUT2D eigenvalue weighted by Gasteiger charge is 2.10. The third-order valence-electron chi connectivity index (χ3n) is 2.11. The number of anilines is 2. The molecule has 0 saturated heterocycles. The van der Waals surface area contributed by atoms with E-state index in [1.54, 1.807) is 6.07 Å². The molecule has 0 aliphatic carbocycles. The molecule has 0 aromatic carbocycles. The number of aromatic amines is 1. The standard InChI is InChI=1S/C10H10BrN5O/c1-5-6(11)2-3-9(13-5)14-10(17)7-4-8(12)16-15-7/h2-4H,1H3,(H3,12,15,16)(H,13,14,17). The van der Waals surface area contributed by atoms with Gasteiger partial charge in [-0.2, -0.15) is 5.10 Å². The van der Waals surface area contributed by atoms with Gasteiger partial charge in [0.05, 0.1) is 5.69 Å². The number of aryl methyl sites for hydroxylation is 1. The van der Waals surface area contributed by atoms with Crippen LogP contribution in [0.3, 0.4) is 0 Å². The number of pyridine rings is 1. The minimum Gasteiger partial charge on any atom is -0.382 e. The lowest BCUT2D eigenvalue weighted by Gasteiger charge is -2.04. The van der Waals surface area contributed by atoms with Gasteiger partial charge in [0.1, 0.15) is 17.3 Å². The van der Waals surface area contributed by atoms with Crippen molar-refractivity contribution in [2.75, 3.05) is 11.1 Å². The largest absolute Gasteiger partial charge is 0.382 e. The van der Waals surface area contributed by atoms with E-state index in [1.165, 1.54) is 6.07 Å². The predicted molar refractivity (Wildman–Crippen MR) is 67.6 cm³/mol. The number of aromatic nitrogens is 3. The summed E-state index contributed by atoms with van der Waals surface area (Å²) < 4.78 is 0.890. The smallest absolute Gasteiger partial charge is 0.274 e. The van der Waals surface area contributed by atoms with Crippen LogP contribution < -0.4 is 11.1 Å². The molecule has 7 heteroatoms. The lowest BCUT2D eigenvalue weighted by Crippen LogP contribution is -2.13. The highest BCUT2D eigenvalue weighted by atomic mass is 79.9. The van der Waals surface area contributed by atoms with Crippen LogP contribution in [0.4, 0.5) is 11.6 Å². The molecule has 88 valence electrons. The Kier molecular flexibility index (Phi) is 3.10. The molecule has 4 N–H and O–H groups in total. The van der Waals surface area contributed by atoms with Crippen LogP contribution in [-0.2, 0) is 0 Å². The van der Waals surface area contributed by atoms with Crippen LogP contribution in [-0.4, -0.2) is 21.1 Å². The topological polar surface area (TPSA) is 96.7 Å². The molecule has 17 heavy (non-hydrogen) atoms. The number of hydrogen-bond acceptors (Lipinski definition) is 4.